The topological polar surface area (TPSA) is 57.3 Å². The number of amides is 1. The van der Waals surface area contributed by atoms with Crippen molar-refractivity contribution in [1.29, 1.82) is 0 Å². The zero-order valence-corrected chi connectivity index (χ0v) is 15.9. The zero-order chi connectivity index (χ0) is 17.5. The van der Waals surface area contributed by atoms with Crippen LogP contribution in [-0.4, -0.2) is 43.0 Å². The molecule has 2 N–H and O–H groups in total. The lowest BCUT2D eigenvalue weighted by Gasteiger charge is -2.11. The quantitative estimate of drug-likeness (QED) is 0.709. The maximum atomic E-state index is 12.0. The Hall–Kier alpha value is -1.92. The third kappa shape index (κ3) is 5.62. The molecule has 6 heteroatoms. The van der Waals surface area contributed by atoms with Gasteiger partial charge in [0.2, 0.25) is 0 Å². The van der Waals surface area contributed by atoms with E-state index in [4.69, 9.17) is 0 Å². The average molecular weight is 391 g/mol. The molecule has 1 aromatic carbocycles. The number of halogens is 1. The summed E-state index contributed by atoms with van der Waals surface area (Å²) in [4.78, 5) is 18.4. The first-order valence-corrected chi connectivity index (χ1v) is 8.67. The van der Waals surface area contributed by atoms with Gasteiger partial charge in [-0.2, -0.15) is 0 Å². The summed E-state index contributed by atoms with van der Waals surface area (Å²) in [6.07, 6.45) is 2.59. The number of aromatic nitrogens is 1. The van der Waals surface area contributed by atoms with E-state index in [1.54, 1.807) is 12.3 Å². The van der Waals surface area contributed by atoms with Gasteiger partial charge in [0, 0.05) is 16.7 Å². The van der Waals surface area contributed by atoms with Gasteiger partial charge in [0.05, 0.1) is 11.9 Å². The molecule has 0 unspecified atom stereocenters. The first kappa shape index (κ1) is 18.4. The van der Waals surface area contributed by atoms with E-state index < -0.39 is 0 Å². The number of anilines is 2. The number of carbonyl (C=O) groups excluding carboxylic acids is 1. The Kier molecular flexibility index (Phi) is 6.75. The van der Waals surface area contributed by atoms with E-state index in [-0.39, 0.29) is 5.91 Å². The second kappa shape index (κ2) is 8.80. The molecule has 2 rings (SSSR count). The van der Waals surface area contributed by atoms with Crippen LogP contribution in [0.25, 0.3) is 0 Å². The summed E-state index contributed by atoms with van der Waals surface area (Å²) in [5.74, 6) is -0.139. The van der Waals surface area contributed by atoms with Crippen molar-refractivity contribution in [3.05, 3.63) is 52.3 Å². The van der Waals surface area contributed by atoms with Crippen LogP contribution >= 0.6 is 15.9 Å². The summed E-state index contributed by atoms with van der Waals surface area (Å²) >= 11 is 3.45. The summed E-state index contributed by atoms with van der Waals surface area (Å²) in [7, 11) is 4.03. The van der Waals surface area contributed by atoms with Crippen LogP contribution in [0.15, 0.2) is 41.0 Å². The highest BCUT2D eigenvalue weighted by molar-refractivity contribution is 9.10. The van der Waals surface area contributed by atoms with E-state index in [9.17, 15) is 4.79 Å². The van der Waals surface area contributed by atoms with Gasteiger partial charge in [-0.15, -0.1) is 0 Å². The first-order chi connectivity index (χ1) is 11.5. The number of rotatable bonds is 7. The van der Waals surface area contributed by atoms with Crippen molar-refractivity contribution in [2.75, 3.05) is 32.5 Å². The molecule has 0 saturated carbocycles. The van der Waals surface area contributed by atoms with Crippen molar-refractivity contribution < 1.29 is 4.79 Å². The molecule has 0 aliphatic rings. The van der Waals surface area contributed by atoms with Crippen LogP contribution < -0.4 is 10.6 Å². The Balaban J connectivity index is 1.91. The van der Waals surface area contributed by atoms with Crippen LogP contribution in [0.2, 0.25) is 0 Å². The molecule has 128 valence electrons. The van der Waals surface area contributed by atoms with Crippen molar-refractivity contribution in [3.8, 4) is 0 Å². The van der Waals surface area contributed by atoms with Gasteiger partial charge in [-0.1, -0.05) is 15.9 Å². The Labute approximate surface area is 151 Å². The second-order valence-corrected chi connectivity index (χ2v) is 6.84. The van der Waals surface area contributed by atoms with E-state index in [0.29, 0.717) is 12.2 Å². The van der Waals surface area contributed by atoms with Crippen LogP contribution in [0.1, 0.15) is 22.5 Å². The van der Waals surface area contributed by atoms with Gasteiger partial charge in [0.25, 0.3) is 5.91 Å². The van der Waals surface area contributed by atoms with Crippen molar-refractivity contribution in [2.24, 2.45) is 0 Å². The number of hydrogen-bond acceptors (Lipinski definition) is 4. The molecular formula is C18H23BrN4O. The van der Waals surface area contributed by atoms with Crippen LogP contribution in [0, 0.1) is 6.92 Å². The molecule has 0 radical (unpaired) electrons. The number of nitrogens with one attached hydrogen (secondary N) is 2. The number of benzene rings is 1. The molecule has 1 aromatic heterocycles. The molecule has 0 aliphatic carbocycles. The van der Waals surface area contributed by atoms with E-state index in [0.717, 1.165) is 34.4 Å². The Morgan fingerprint density at radius 3 is 2.67 bits per heavy atom. The number of nitrogens with zero attached hydrogens (tertiary/aromatic N) is 2. The minimum atomic E-state index is -0.139. The molecule has 1 amide bonds. The van der Waals surface area contributed by atoms with Crippen LogP contribution in [0.3, 0.4) is 0 Å². The fraction of sp³-hybridized carbons (Fsp3) is 0.333. The Bertz CT molecular complexity index is 686. The number of pyridine rings is 1. The zero-order valence-electron chi connectivity index (χ0n) is 14.3. The number of hydrogen-bond donors (Lipinski definition) is 2. The Morgan fingerprint density at radius 2 is 2.04 bits per heavy atom. The minimum Gasteiger partial charge on any atom is -0.354 e. The molecule has 0 aliphatic heterocycles. The van der Waals surface area contributed by atoms with Crippen molar-refractivity contribution in [1.82, 2.24) is 15.2 Å². The van der Waals surface area contributed by atoms with Crippen molar-refractivity contribution >= 4 is 33.2 Å². The summed E-state index contributed by atoms with van der Waals surface area (Å²) in [6, 6.07) is 9.63. The maximum Gasteiger partial charge on any atom is 0.269 e. The lowest BCUT2D eigenvalue weighted by molar-refractivity contribution is 0.0947. The monoisotopic (exact) mass is 390 g/mol. The first-order valence-electron chi connectivity index (χ1n) is 7.88. The average Bonchev–Trinajstić information content (AvgIpc) is 2.54. The highest BCUT2D eigenvalue weighted by Gasteiger charge is 2.07. The van der Waals surface area contributed by atoms with Crippen LogP contribution in [0.5, 0.6) is 0 Å². The van der Waals surface area contributed by atoms with Gasteiger partial charge in [-0.05, 0) is 69.9 Å². The molecule has 0 spiro atoms. The van der Waals surface area contributed by atoms with Gasteiger partial charge in [0.15, 0.2) is 0 Å². The summed E-state index contributed by atoms with van der Waals surface area (Å²) in [6.45, 7) is 3.63. The van der Waals surface area contributed by atoms with Gasteiger partial charge in [0.1, 0.15) is 5.69 Å². The predicted molar refractivity (Wildman–Crippen MR) is 102 cm³/mol. The van der Waals surface area contributed by atoms with Gasteiger partial charge < -0.3 is 15.5 Å². The number of aryl methyl sites for hydroxylation is 1. The standard InChI is InChI=1S/C18H23BrN4O/c1-13-11-14(19)5-7-16(13)22-15-6-8-17(21-12-15)18(24)20-9-4-10-23(2)3/h5-8,11-12,22H,4,9-10H2,1-3H3,(H,20,24). The molecule has 24 heavy (non-hydrogen) atoms. The lowest BCUT2D eigenvalue weighted by atomic mass is 10.2. The predicted octanol–water partition coefficient (Wildman–Crippen LogP) is 3.58. The molecule has 2 aromatic rings. The van der Waals surface area contributed by atoms with E-state index >= 15 is 0 Å². The number of carbonyl (C=O) groups is 1. The van der Waals surface area contributed by atoms with Gasteiger partial charge in [-0.3, -0.25) is 4.79 Å². The van der Waals surface area contributed by atoms with E-state index in [1.807, 2.05) is 45.3 Å². The SMILES string of the molecule is Cc1cc(Br)ccc1Nc1ccc(C(=O)NCCCN(C)C)nc1. The molecule has 0 saturated heterocycles. The minimum absolute atomic E-state index is 0.139. The van der Waals surface area contributed by atoms with E-state index in [1.165, 1.54) is 0 Å². The summed E-state index contributed by atoms with van der Waals surface area (Å²) in [5, 5.41) is 6.19. The molecule has 0 fully saturated rings. The van der Waals surface area contributed by atoms with Gasteiger partial charge in [-0.25, -0.2) is 4.98 Å². The molecule has 1 heterocycles. The molecule has 0 atom stereocenters. The highest BCUT2D eigenvalue weighted by atomic mass is 79.9. The maximum absolute atomic E-state index is 12.0. The molecule has 5 nitrogen and oxygen atoms in total. The Morgan fingerprint density at radius 1 is 1.25 bits per heavy atom. The summed E-state index contributed by atoms with van der Waals surface area (Å²) < 4.78 is 1.05. The van der Waals surface area contributed by atoms with Crippen LogP contribution in [-0.2, 0) is 0 Å². The largest absolute Gasteiger partial charge is 0.354 e. The van der Waals surface area contributed by atoms with Crippen molar-refractivity contribution in [2.45, 2.75) is 13.3 Å². The third-order valence-electron chi connectivity index (χ3n) is 3.53. The lowest BCUT2D eigenvalue weighted by Crippen LogP contribution is -2.27. The highest BCUT2D eigenvalue weighted by Crippen LogP contribution is 2.23. The fourth-order valence-electron chi connectivity index (χ4n) is 2.21. The molecule has 0 bridgehead atoms. The summed E-state index contributed by atoms with van der Waals surface area (Å²) in [5.41, 5.74) is 3.43. The molecular weight excluding hydrogens is 368 g/mol. The van der Waals surface area contributed by atoms with E-state index in [2.05, 4.69) is 36.4 Å². The third-order valence-corrected chi connectivity index (χ3v) is 4.02. The smallest absolute Gasteiger partial charge is 0.269 e. The second-order valence-electron chi connectivity index (χ2n) is 5.93. The fourth-order valence-corrected chi connectivity index (χ4v) is 2.69. The normalized spacial score (nSPS) is 10.7. The van der Waals surface area contributed by atoms with Gasteiger partial charge >= 0.3 is 0 Å². The van der Waals surface area contributed by atoms with Crippen LogP contribution in [0.4, 0.5) is 11.4 Å². The van der Waals surface area contributed by atoms with Crippen molar-refractivity contribution in [3.63, 3.8) is 0 Å².